The summed E-state index contributed by atoms with van der Waals surface area (Å²) in [7, 11) is 0. The van der Waals surface area contributed by atoms with Gasteiger partial charge < -0.3 is 5.32 Å². The van der Waals surface area contributed by atoms with Crippen molar-refractivity contribution < 1.29 is 4.79 Å². The van der Waals surface area contributed by atoms with Crippen molar-refractivity contribution >= 4 is 40.6 Å². The lowest BCUT2D eigenvalue weighted by Crippen LogP contribution is -2.40. The number of halogens is 1. The molecule has 0 aromatic carbocycles. The minimum Gasteiger partial charge on any atom is -0.349 e. The van der Waals surface area contributed by atoms with Gasteiger partial charge in [0.25, 0.3) is 5.91 Å². The number of amides is 1. The number of likely N-dealkylation sites (tertiary alicyclic amines) is 1. The average molecular weight is 411 g/mol. The number of thioether (sulfide) groups is 1. The van der Waals surface area contributed by atoms with E-state index in [0.29, 0.717) is 11.7 Å². The predicted molar refractivity (Wildman–Crippen MR) is 108 cm³/mol. The van der Waals surface area contributed by atoms with Crippen LogP contribution in [0.1, 0.15) is 47.6 Å². The molecule has 0 radical (unpaired) electrons. The monoisotopic (exact) mass is 410 g/mol. The van der Waals surface area contributed by atoms with E-state index in [-0.39, 0.29) is 22.7 Å². The molecule has 1 atom stereocenters. The van der Waals surface area contributed by atoms with Gasteiger partial charge in [-0.1, -0.05) is 42.8 Å². The van der Waals surface area contributed by atoms with Crippen LogP contribution in [0.4, 0.5) is 0 Å². The molecular weight excluding hydrogens is 388 g/mol. The number of carbonyl (C=O) groups is 1. The minimum atomic E-state index is -0.242. The van der Waals surface area contributed by atoms with Crippen LogP contribution in [0.5, 0.6) is 0 Å². The molecule has 0 bridgehead atoms. The van der Waals surface area contributed by atoms with Gasteiger partial charge in [0, 0.05) is 11.4 Å². The normalized spacial score (nSPS) is 16.4. The second-order valence-corrected chi connectivity index (χ2v) is 8.74. The zero-order valence-electron chi connectivity index (χ0n) is 14.8. The van der Waals surface area contributed by atoms with Crippen LogP contribution in [-0.2, 0) is 0 Å². The van der Waals surface area contributed by atoms with E-state index in [2.05, 4.69) is 37.7 Å². The summed E-state index contributed by atoms with van der Waals surface area (Å²) in [6.45, 7) is 4.72. The van der Waals surface area contributed by atoms with Crippen LogP contribution in [0.15, 0.2) is 28.9 Å². The van der Waals surface area contributed by atoms with Gasteiger partial charge in [0.1, 0.15) is 0 Å². The van der Waals surface area contributed by atoms with Gasteiger partial charge in [-0.3, -0.25) is 9.69 Å². The number of carbonyl (C=O) groups excluding carboxylic acids is 1. The van der Waals surface area contributed by atoms with Crippen LogP contribution in [-0.4, -0.2) is 46.2 Å². The van der Waals surface area contributed by atoms with E-state index < -0.39 is 0 Å². The Kier molecular flexibility index (Phi) is 7.31. The molecule has 8 heteroatoms. The molecule has 1 amide bonds. The van der Waals surface area contributed by atoms with Gasteiger partial charge in [-0.25, -0.2) is 9.97 Å². The van der Waals surface area contributed by atoms with Gasteiger partial charge in [0.2, 0.25) is 0 Å². The summed E-state index contributed by atoms with van der Waals surface area (Å²) in [5.41, 5.74) is 0.251. The standard InChI is InChI=1S/C18H23ClN4OS2/c1-2-25-18-21-11-13(19)16(22-18)17(24)20-12-14(15-7-6-10-26-15)23-8-4-3-5-9-23/h6-7,10-11,14H,2-5,8-9,12H2,1H3,(H,20,24). The first-order valence-electron chi connectivity index (χ1n) is 8.90. The molecule has 2 aromatic rings. The summed E-state index contributed by atoms with van der Waals surface area (Å²) in [5.74, 6) is 0.604. The topological polar surface area (TPSA) is 58.1 Å². The number of nitrogens with one attached hydrogen (secondary N) is 1. The van der Waals surface area contributed by atoms with Crippen molar-refractivity contribution in [2.45, 2.75) is 37.4 Å². The molecule has 26 heavy (non-hydrogen) atoms. The Bertz CT molecular complexity index is 720. The van der Waals surface area contributed by atoms with Crippen LogP contribution >= 0.6 is 34.7 Å². The van der Waals surface area contributed by atoms with E-state index >= 15 is 0 Å². The van der Waals surface area contributed by atoms with E-state index in [0.717, 1.165) is 18.8 Å². The second kappa shape index (κ2) is 9.69. The van der Waals surface area contributed by atoms with Crippen molar-refractivity contribution in [3.63, 3.8) is 0 Å². The summed E-state index contributed by atoms with van der Waals surface area (Å²) in [5, 5.41) is 5.99. The van der Waals surface area contributed by atoms with Gasteiger partial charge in [-0.2, -0.15) is 0 Å². The van der Waals surface area contributed by atoms with Gasteiger partial charge in [0.05, 0.1) is 17.3 Å². The molecule has 1 saturated heterocycles. The van der Waals surface area contributed by atoms with Crippen molar-refractivity contribution in [3.8, 4) is 0 Å². The molecule has 0 saturated carbocycles. The molecule has 3 heterocycles. The maximum atomic E-state index is 12.7. The van der Waals surface area contributed by atoms with Gasteiger partial charge >= 0.3 is 0 Å². The van der Waals surface area contributed by atoms with Gasteiger partial charge in [-0.15, -0.1) is 11.3 Å². The van der Waals surface area contributed by atoms with Crippen molar-refractivity contribution in [2.75, 3.05) is 25.4 Å². The van der Waals surface area contributed by atoms with Crippen molar-refractivity contribution in [3.05, 3.63) is 39.3 Å². The molecular formula is C18H23ClN4OS2. The van der Waals surface area contributed by atoms with E-state index in [1.165, 1.54) is 42.1 Å². The molecule has 1 N–H and O–H groups in total. The largest absolute Gasteiger partial charge is 0.349 e. The van der Waals surface area contributed by atoms with Crippen LogP contribution in [0.25, 0.3) is 0 Å². The first kappa shape index (κ1) is 19.6. The summed E-state index contributed by atoms with van der Waals surface area (Å²) < 4.78 is 0. The first-order chi connectivity index (χ1) is 12.7. The quantitative estimate of drug-likeness (QED) is 0.545. The predicted octanol–water partition coefficient (Wildman–Crippen LogP) is 4.26. The van der Waals surface area contributed by atoms with Crippen LogP contribution in [0.2, 0.25) is 5.02 Å². The Morgan fingerprint density at radius 2 is 2.23 bits per heavy atom. The number of hydrogen-bond donors (Lipinski definition) is 1. The second-order valence-electron chi connectivity index (χ2n) is 6.12. The van der Waals surface area contributed by atoms with E-state index in [4.69, 9.17) is 11.6 Å². The number of nitrogens with zero attached hydrogens (tertiary/aromatic N) is 3. The average Bonchev–Trinajstić information content (AvgIpc) is 3.19. The lowest BCUT2D eigenvalue weighted by atomic mass is 10.1. The maximum Gasteiger partial charge on any atom is 0.271 e. The molecule has 140 valence electrons. The fourth-order valence-electron chi connectivity index (χ4n) is 3.10. The van der Waals surface area contributed by atoms with E-state index in [1.807, 2.05) is 6.92 Å². The summed E-state index contributed by atoms with van der Waals surface area (Å²) in [4.78, 5) is 24.9. The van der Waals surface area contributed by atoms with Crippen molar-refractivity contribution in [1.82, 2.24) is 20.2 Å². The molecule has 1 aliphatic heterocycles. The Balaban J connectivity index is 1.70. The summed E-state index contributed by atoms with van der Waals surface area (Å²) >= 11 is 9.38. The molecule has 2 aromatic heterocycles. The molecule has 1 fully saturated rings. The summed E-state index contributed by atoms with van der Waals surface area (Å²) in [6.07, 6.45) is 5.22. The third-order valence-corrected chi connectivity index (χ3v) is 6.36. The Hall–Kier alpha value is -1.15. The highest BCUT2D eigenvalue weighted by atomic mass is 35.5. The van der Waals surface area contributed by atoms with E-state index in [1.54, 1.807) is 11.3 Å². The van der Waals surface area contributed by atoms with E-state index in [9.17, 15) is 4.79 Å². The number of hydrogen-bond acceptors (Lipinski definition) is 6. The smallest absolute Gasteiger partial charge is 0.271 e. The lowest BCUT2D eigenvalue weighted by Gasteiger charge is -2.34. The summed E-state index contributed by atoms with van der Waals surface area (Å²) in [6, 6.07) is 4.40. The molecule has 5 nitrogen and oxygen atoms in total. The van der Waals surface area contributed by atoms with Crippen molar-refractivity contribution in [2.24, 2.45) is 0 Å². The Labute approximate surface area is 167 Å². The number of thiophene rings is 1. The van der Waals surface area contributed by atoms with Gasteiger partial charge in [0.15, 0.2) is 10.9 Å². The first-order valence-corrected chi connectivity index (χ1v) is 11.1. The zero-order chi connectivity index (χ0) is 18.4. The van der Waals surface area contributed by atoms with Crippen LogP contribution in [0.3, 0.4) is 0 Å². The van der Waals surface area contributed by atoms with Crippen molar-refractivity contribution in [1.29, 1.82) is 0 Å². The third kappa shape index (κ3) is 4.97. The molecule has 0 aliphatic carbocycles. The fourth-order valence-corrected chi connectivity index (χ4v) is 4.68. The number of piperidine rings is 1. The van der Waals surface area contributed by atoms with Gasteiger partial charge in [-0.05, 0) is 43.1 Å². The highest BCUT2D eigenvalue weighted by Gasteiger charge is 2.24. The number of rotatable bonds is 7. The maximum absolute atomic E-state index is 12.7. The molecule has 3 rings (SSSR count). The Morgan fingerprint density at radius 1 is 1.42 bits per heavy atom. The van der Waals surface area contributed by atoms with Crippen LogP contribution < -0.4 is 5.32 Å². The minimum absolute atomic E-state index is 0.198. The molecule has 1 aliphatic rings. The SMILES string of the molecule is CCSc1ncc(Cl)c(C(=O)NCC(c2cccs2)N2CCCCC2)n1. The fraction of sp³-hybridized carbons (Fsp3) is 0.500. The highest BCUT2D eigenvalue weighted by molar-refractivity contribution is 7.99. The highest BCUT2D eigenvalue weighted by Crippen LogP contribution is 2.27. The Morgan fingerprint density at radius 3 is 2.92 bits per heavy atom. The third-order valence-electron chi connectivity index (χ3n) is 4.37. The lowest BCUT2D eigenvalue weighted by molar-refractivity contribution is 0.0920. The molecule has 1 unspecified atom stereocenters. The molecule has 0 spiro atoms. The van der Waals surface area contributed by atoms with Crippen LogP contribution in [0, 0.1) is 0 Å². The zero-order valence-corrected chi connectivity index (χ0v) is 17.2. The number of aromatic nitrogens is 2.